The molecule has 16 aromatic rings. The standard InChI is InChI=1S/C134H144N6/c1-127(2,3)101-51-55-113(117(75-101)85-33-41-89(42-34-85)123-79-105(61-65-135-123)131(13,14)15)97-69-95(70-98(73-97)114-56-52-102(128(4,5)6)76-118(114)86-35-43-90(44-36-86)124-80-106(62-66-136-124)132(16,17)18)111-31-27-25-29-109(111)93-49-59-121(139-83-93)122-60-50-94(84-140-122)110-30-26-28-32-112(110)96-71-99(115-57-53-103(129(7,8)9)77-119(115)87-37-45-91(46-38-87)125-81-107(63-67-137-125)133(19,20)21)74-100(72-96)116-58-54-104(130(10,11)12)78-120(116)88-39-47-92(48-40-88)126-82-108(64-68-138-126)134(22,23)24/h25-68,75-84,95-100H,69-74H2,1-24H3. The van der Waals surface area contributed by atoms with Crippen molar-refractivity contribution in [3.05, 3.63) is 406 Å². The molecule has 4 unspecified atom stereocenters. The second-order valence-electron chi connectivity index (χ2n) is 48.9. The summed E-state index contributed by atoms with van der Waals surface area (Å²) in [7, 11) is 0. The van der Waals surface area contributed by atoms with Crippen molar-refractivity contribution >= 4 is 0 Å². The quantitative estimate of drug-likeness (QED) is 0.0904. The Kier molecular flexibility index (Phi) is 26.6. The fourth-order valence-corrected chi connectivity index (χ4v) is 21.8. The molecule has 0 bridgehead atoms. The first-order valence-corrected chi connectivity index (χ1v) is 51.4. The van der Waals surface area contributed by atoms with Crippen LogP contribution in [0.5, 0.6) is 0 Å². The molecule has 6 aromatic heterocycles. The van der Waals surface area contributed by atoms with Crippen LogP contribution in [0.4, 0.5) is 0 Å². The zero-order valence-corrected chi connectivity index (χ0v) is 87.6. The lowest BCUT2D eigenvalue weighted by molar-refractivity contribution is 0.352. The third-order valence-corrected chi connectivity index (χ3v) is 30.5. The molecule has 0 spiro atoms. The molecule has 6 heteroatoms. The van der Waals surface area contributed by atoms with Crippen LogP contribution in [-0.4, -0.2) is 29.9 Å². The Labute approximate surface area is 837 Å². The maximum Gasteiger partial charge on any atom is 0.0886 e. The van der Waals surface area contributed by atoms with E-state index >= 15 is 0 Å². The van der Waals surface area contributed by atoms with Crippen molar-refractivity contribution in [1.29, 1.82) is 0 Å². The third-order valence-electron chi connectivity index (χ3n) is 30.5. The van der Waals surface area contributed by atoms with E-state index in [9.17, 15) is 0 Å². The smallest absolute Gasteiger partial charge is 0.0886 e. The van der Waals surface area contributed by atoms with Crippen molar-refractivity contribution in [3.63, 3.8) is 0 Å². The van der Waals surface area contributed by atoms with E-state index in [4.69, 9.17) is 29.9 Å². The summed E-state index contributed by atoms with van der Waals surface area (Å²) in [6, 6.07) is 112. The van der Waals surface area contributed by atoms with Crippen LogP contribution in [0.15, 0.2) is 328 Å². The van der Waals surface area contributed by atoms with Gasteiger partial charge in [0.15, 0.2) is 0 Å². The van der Waals surface area contributed by atoms with Gasteiger partial charge in [0.2, 0.25) is 0 Å². The van der Waals surface area contributed by atoms with Crippen LogP contribution in [-0.2, 0) is 43.3 Å². The summed E-state index contributed by atoms with van der Waals surface area (Å²) < 4.78 is 0. The Balaban J connectivity index is 0.697. The lowest BCUT2D eigenvalue weighted by atomic mass is 9.65. The SMILES string of the molecule is CC(C)(C)c1ccnc(-c2ccc(-c3cc(C(C)(C)C)ccc3C3CC(c4ccccc4-c4ccc(-c5ccc(-c6ccccc6C6CC(c7ccc(C(C)(C)C)cc7-c7ccc(-c8cc(C(C)(C)C)ccn8)cc7)CC(c7ccc(C(C)(C)C)cc7-c7ccc(-c8cc(C(C)(C)C)ccn8)cc7)C6)cn5)nc4)CC(c4ccc(C(C)(C)C)cc4-c4ccc(-c5cc(C(C)(C)C)ccn5)cc4)C3)cc2)c1. The molecule has 0 saturated heterocycles. The van der Waals surface area contributed by atoms with Crippen molar-refractivity contribution in [3.8, 4) is 123 Å². The fourth-order valence-electron chi connectivity index (χ4n) is 21.8. The van der Waals surface area contributed by atoms with E-state index in [1.54, 1.807) is 0 Å². The number of benzene rings is 10. The molecular formula is C134H144N6. The highest BCUT2D eigenvalue weighted by Gasteiger charge is 2.40. The second-order valence-corrected chi connectivity index (χ2v) is 48.9. The van der Waals surface area contributed by atoms with Gasteiger partial charge in [0.1, 0.15) is 0 Å². The van der Waals surface area contributed by atoms with E-state index < -0.39 is 0 Å². The van der Waals surface area contributed by atoms with Crippen LogP contribution in [0, 0.1) is 0 Å². The topological polar surface area (TPSA) is 77.3 Å². The van der Waals surface area contributed by atoms with Gasteiger partial charge in [0.05, 0.1) is 34.2 Å². The van der Waals surface area contributed by atoms with Gasteiger partial charge in [-0.25, -0.2) is 0 Å². The normalized spacial score (nSPS) is 17.0. The molecule has 2 fully saturated rings. The van der Waals surface area contributed by atoms with Crippen LogP contribution >= 0.6 is 0 Å². The number of pyridine rings is 6. The summed E-state index contributed by atoms with van der Waals surface area (Å²) in [4.78, 5) is 30.6. The molecule has 0 radical (unpaired) electrons. The van der Waals surface area contributed by atoms with E-state index in [1.165, 1.54) is 134 Å². The number of rotatable bonds is 17. The molecule has 2 aliphatic rings. The van der Waals surface area contributed by atoms with Crippen LogP contribution in [0.25, 0.3) is 123 Å². The van der Waals surface area contributed by atoms with E-state index in [0.29, 0.717) is 0 Å². The van der Waals surface area contributed by atoms with Crippen molar-refractivity contribution < 1.29 is 0 Å². The van der Waals surface area contributed by atoms with Crippen LogP contribution in [0.2, 0.25) is 0 Å². The molecule has 2 aliphatic carbocycles. The van der Waals surface area contributed by atoms with Gasteiger partial charge in [0.25, 0.3) is 0 Å². The Morgan fingerprint density at radius 3 is 0.543 bits per heavy atom. The zero-order valence-electron chi connectivity index (χ0n) is 87.6. The molecule has 140 heavy (non-hydrogen) atoms. The van der Waals surface area contributed by atoms with E-state index in [1.807, 2.05) is 24.8 Å². The number of hydrogen-bond acceptors (Lipinski definition) is 6. The highest BCUT2D eigenvalue weighted by Crippen LogP contribution is 2.57. The molecular weight excluding hydrogens is 1690 g/mol. The second kappa shape index (κ2) is 38.3. The maximum absolute atomic E-state index is 5.41. The number of hydrogen-bond donors (Lipinski definition) is 0. The Bertz CT molecular complexity index is 6380. The molecule has 710 valence electrons. The van der Waals surface area contributed by atoms with Gasteiger partial charge in [-0.05, 0) is 312 Å². The van der Waals surface area contributed by atoms with Crippen molar-refractivity contribution in [1.82, 2.24) is 29.9 Å². The third kappa shape index (κ3) is 21.3. The van der Waals surface area contributed by atoms with Crippen molar-refractivity contribution in [2.45, 2.75) is 284 Å². The van der Waals surface area contributed by atoms with Crippen LogP contribution in [0.3, 0.4) is 0 Å². The maximum atomic E-state index is 5.41. The van der Waals surface area contributed by atoms with Gasteiger partial charge in [0, 0.05) is 70.6 Å². The predicted octanol–water partition coefficient (Wildman–Crippen LogP) is 36.4. The van der Waals surface area contributed by atoms with Gasteiger partial charge in [-0.15, -0.1) is 0 Å². The first-order chi connectivity index (χ1) is 66.4. The van der Waals surface area contributed by atoms with Crippen LogP contribution in [0.1, 0.15) is 318 Å². The van der Waals surface area contributed by atoms with Gasteiger partial charge >= 0.3 is 0 Å². The monoisotopic (exact) mass is 1840 g/mol. The fraction of sp³-hybridized carbons (Fsp3) is 0.328. The first-order valence-electron chi connectivity index (χ1n) is 51.4. The summed E-state index contributed by atoms with van der Waals surface area (Å²) in [5.74, 6) is 1.22. The summed E-state index contributed by atoms with van der Waals surface area (Å²) in [5.41, 5.74) is 43.4. The summed E-state index contributed by atoms with van der Waals surface area (Å²) >= 11 is 0. The molecule has 10 aromatic carbocycles. The Hall–Kier alpha value is -12.9. The van der Waals surface area contributed by atoms with Crippen LogP contribution < -0.4 is 0 Å². The molecule has 18 rings (SSSR count). The van der Waals surface area contributed by atoms with Gasteiger partial charge in [-0.2, -0.15) is 0 Å². The number of nitrogens with zero attached hydrogens (tertiary/aromatic N) is 6. The Morgan fingerprint density at radius 2 is 0.343 bits per heavy atom. The minimum absolute atomic E-state index is 0.000873. The summed E-state index contributed by atoms with van der Waals surface area (Å²) in [5, 5.41) is 0. The molecule has 6 heterocycles. The lowest BCUT2D eigenvalue weighted by Crippen LogP contribution is -2.22. The summed E-state index contributed by atoms with van der Waals surface area (Å²) in [6.45, 7) is 55.5. The van der Waals surface area contributed by atoms with E-state index in [-0.39, 0.29) is 78.8 Å². The Morgan fingerprint density at radius 1 is 0.157 bits per heavy atom. The first kappa shape index (κ1) is 97.3. The average Bonchev–Trinajstić information content (AvgIpc) is 0.757. The van der Waals surface area contributed by atoms with Gasteiger partial charge in [-0.3, -0.25) is 29.9 Å². The highest BCUT2D eigenvalue weighted by atomic mass is 14.8. The molecule has 4 atom stereocenters. The molecule has 0 amide bonds. The minimum atomic E-state index is -0.0718. The molecule has 2 saturated carbocycles. The zero-order chi connectivity index (χ0) is 98.9. The van der Waals surface area contributed by atoms with Gasteiger partial charge in [-0.1, -0.05) is 397 Å². The minimum Gasteiger partial charge on any atom is -0.256 e. The largest absolute Gasteiger partial charge is 0.256 e. The molecule has 0 aliphatic heterocycles. The van der Waals surface area contributed by atoms with Crippen molar-refractivity contribution in [2.24, 2.45) is 0 Å². The molecule has 6 nitrogen and oxygen atoms in total. The van der Waals surface area contributed by atoms with Crippen molar-refractivity contribution in [2.75, 3.05) is 0 Å². The molecule has 0 N–H and O–H groups in total. The summed E-state index contributed by atoms with van der Waals surface area (Å²) in [6.07, 6.45) is 18.0. The average molecular weight is 1840 g/mol. The lowest BCUT2D eigenvalue weighted by Gasteiger charge is -2.39. The van der Waals surface area contributed by atoms with E-state index in [0.717, 1.165) is 106 Å². The number of aromatic nitrogens is 6. The van der Waals surface area contributed by atoms with E-state index in [2.05, 4.69) is 470 Å². The predicted molar refractivity (Wildman–Crippen MR) is 593 cm³/mol. The highest BCUT2D eigenvalue weighted by molar-refractivity contribution is 5.80. The van der Waals surface area contributed by atoms with Gasteiger partial charge < -0.3 is 0 Å².